The van der Waals surface area contributed by atoms with Crippen molar-refractivity contribution in [2.45, 2.75) is 57.4 Å². The van der Waals surface area contributed by atoms with Gasteiger partial charge in [0.2, 0.25) is 0 Å². The fraction of sp³-hybridized carbons (Fsp3) is 1.00. The van der Waals surface area contributed by atoms with Gasteiger partial charge in [-0.05, 0) is 70.0 Å². The number of fused-ring (bicyclic) bond motifs is 1. The third-order valence-electron chi connectivity index (χ3n) is 5.31. The second kappa shape index (κ2) is 5.71. The van der Waals surface area contributed by atoms with Crippen molar-refractivity contribution in [3.05, 3.63) is 0 Å². The summed E-state index contributed by atoms with van der Waals surface area (Å²) in [6.45, 7) is 5.31. The van der Waals surface area contributed by atoms with Crippen LogP contribution in [0.5, 0.6) is 0 Å². The van der Waals surface area contributed by atoms with Crippen molar-refractivity contribution in [1.82, 2.24) is 10.2 Å². The molecule has 2 nitrogen and oxygen atoms in total. The van der Waals surface area contributed by atoms with Gasteiger partial charge in [-0.15, -0.1) is 0 Å². The zero-order valence-corrected chi connectivity index (χ0v) is 11.2. The van der Waals surface area contributed by atoms with Crippen LogP contribution in [0, 0.1) is 11.8 Å². The second-order valence-corrected chi connectivity index (χ2v) is 6.44. The first-order valence-electron chi connectivity index (χ1n) is 7.88. The zero-order chi connectivity index (χ0) is 11.5. The van der Waals surface area contributed by atoms with E-state index >= 15 is 0 Å². The molecule has 0 radical (unpaired) electrons. The molecule has 3 rings (SSSR count). The highest BCUT2D eigenvalue weighted by atomic mass is 15.2. The molecule has 0 spiro atoms. The van der Waals surface area contributed by atoms with E-state index in [0.717, 1.165) is 17.9 Å². The summed E-state index contributed by atoms with van der Waals surface area (Å²) in [6, 6.07) is 0.965. The Bertz CT molecular complexity index is 233. The molecule has 98 valence electrons. The predicted octanol–water partition coefficient (Wildman–Crippen LogP) is 2.64. The van der Waals surface area contributed by atoms with Crippen LogP contribution in [-0.2, 0) is 0 Å². The number of piperidine rings is 2. The molecular formula is C15H28N2. The van der Waals surface area contributed by atoms with Gasteiger partial charge in [0.05, 0.1) is 0 Å². The summed E-state index contributed by atoms with van der Waals surface area (Å²) < 4.78 is 0. The molecule has 0 amide bonds. The molecule has 2 atom stereocenters. The highest BCUT2D eigenvalue weighted by Gasteiger charge is 2.34. The molecular weight excluding hydrogens is 208 g/mol. The van der Waals surface area contributed by atoms with Gasteiger partial charge in [-0.2, -0.15) is 0 Å². The number of nitrogens with zero attached hydrogens (tertiary/aromatic N) is 1. The molecule has 2 heteroatoms. The van der Waals surface area contributed by atoms with Gasteiger partial charge in [-0.1, -0.05) is 12.8 Å². The van der Waals surface area contributed by atoms with E-state index in [1.165, 1.54) is 77.5 Å². The van der Waals surface area contributed by atoms with Crippen LogP contribution in [0.1, 0.15) is 51.4 Å². The fourth-order valence-electron chi connectivity index (χ4n) is 4.35. The number of nitrogens with one attached hydrogen (secondary N) is 1. The van der Waals surface area contributed by atoms with E-state index in [9.17, 15) is 0 Å². The molecule has 2 heterocycles. The van der Waals surface area contributed by atoms with Crippen molar-refractivity contribution >= 4 is 0 Å². The van der Waals surface area contributed by atoms with Crippen LogP contribution in [0.2, 0.25) is 0 Å². The minimum absolute atomic E-state index is 0.965. The smallest absolute Gasteiger partial charge is 0.0124 e. The second-order valence-electron chi connectivity index (χ2n) is 6.44. The average Bonchev–Trinajstić information content (AvgIpc) is 2.40. The summed E-state index contributed by atoms with van der Waals surface area (Å²) >= 11 is 0. The maximum Gasteiger partial charge on any atom is 0.0124 e. The molecule has 1 saturated carbocycles. The van der Waals surface area contributed by atoms with E-state index in [-0.39, 0.29) is 0 Å². The molecule has 2 unspecified atom stereocenters. The first-order valence-corrected chi connectivity index (χ1v) is 7.88. The summed E-state index contributed by atoms with van der Waals surface area (Å²) in [6.07, 6.45) is 11.8. The van der Waals surface area contributed by atoms with Crippen molar-refractivity contribution < 1.29 is 0 Å². The summed E-state index contributed by atoms with van der Waals surface area (Å²) in [5.74, 6) is 2.04. The molecule has 3 fully saturated rings. The van der Waals surface area contributed by atoms with Crippen molar-refractivity contribution in [2.75, 3.05) is 26.2 Å². The van der Waals surface area contributed by atoms with E-state index in [4.69, 9.17) is 0 Å². The van der Waals surface area contributed by atoms with Crippen LogP contribution >= 0.6 is 0 Å². The van der Waals surface area contributed by atoms with Gasteiger partial charge in [0.15, 0.2) is 0 Å². The fourth-order valence-corrected chi connectivity index (χ4v) is 4.35. The quantitative estimate of drug-likeness (QED) is 0.793. The lowest BCUT2D eigenvalue weighted by Gasteiger charge is -2.45. The summed E-state index contributed by atoms with van der Waals surface area (Å²) in [5.41, 5.74) is 0. The van der Waals surface area contributed by atoms with E-state index < -0.39 is 0 Å². The third-order valence-corrected chi connectivity index (χ3v) is 5.31. The Morgan fingerprint density at radius 1 is 0.882 bits per heavy atom. The predicted molar refractivity (Wildman–Crippen MR) is 72.1 cm³/mol. The molecule has 2 saturated heterocycles. The lowest BCUT2D eigenvalue weighted by atomic mass is 9.78. The Labute approximate surface area is 106 Å². The maximum absolute atomic E-state index is 3.49. The molecule has 1 N–H and O–H groups in total. The molecule has 1 aliphatic carbocycles. The summed E-state index contributed by atoms with van der Waals surface area (Å²) in [4.78, 5) is 2.88. The van der Waals surface area contributed by atoms with Crippen LogP contribution in [0.3, 0.4) is 0 Å². The lowest BCUT2D eigenvalue weighted by molar-refractivity contribution is 0.0439. The van der Waals surface area contributed by atoms with Crippen LogP contribution in [0.4, 0.5) is 0 Å². The Hall–Kier alpha value is -0.0800. The van der Waals surface area contributed by atoms with Crippen molar-refractivity contribution in [1.29, 1.82) is 0 Å². The van der Waals surface area contributed by atoms with Gasteiger partial charge in [0.25, 0.3) is 0 Å². The van der Waals surface area contributed by atoms with Gasteiger partial charge in [-0.25, -0.2) is 0 Å². The van der Waals surface area contributed by atoms with Crippen LogP contribution in [-0.4, -0.2) is 37.1 Å². The Kier molecular flexibility index (Phi) is 4.02. The van der Waals surface area contributed by atoms with E-state index in [1.54, 1.807) is 0 Å². The number of likely N-dealkylation sites (tertiary alicyclic amines) is 1. The number of rotatable bonds is 2. The van der Waals surface area contributed by atoms with Gasteiger partial charge in [0.1, 0.15) is 0 Å². The number of hydrogen-bond acceptors (Lipinski definition) is 2. The Morgan fingerprint density at radius 2 is 1.65 bits per heavy atom. The molecule has 0 aromatic rings. The zero-order valence-electron chi connectivity index (χ0n) is 11.2. The van der Waals surface area contributed by atoms with Gasteiger partial charge < -0.3 is 5.32 Å². The monoisotopic (exact) mass is 236 g/mol. The largest absolute Gasteiger partial charge is 0.317 e. The first kappa shape index (κ1) is 12.0. The molecule has 0 aromatic heterocycles. The molecule has 0 bridgehead atoms. The molecule has 0 aromatic carbocycles. The topological polar surface area (TPSA) is 15.3 Å². The normalized spacial score (nSPS) is 36.7. The van der Waals surface area contributed by atoms with Crippen LogP contribution < -0.4 is 5.32 Å². The summed E-state index contributed by atoms with van der Waals surface area (Å²) in [7, 11) is 0. The SMILES string of the molecule is C1CCC2C(C1)CCCN2CC1CCNCC1. The highest BCUT2D eigenvalue weighted by molar-refractivity contribution is 4.88. The lowest BCUT2D eigenvalue weighted by Crippen LogP contribution is -2.49. The van der Waals surface area contributed by atoms with Gasteiger partial charge >= 0.3 is 0 Å². The van der Waals surface area contributed by atoms with Gasteiger partial charge in [0, 0.05) is 12.6 Å². The Balaban J connectivity index is 1.56. The van der Waals surface area contributed by atoms with Crippen LogP contribution in [0.25, 0.3) is 0 Å². The summed E-state index contributed by atoms with van der Waals surface area (Å²) in [5, 5.41) is 3.49. The standard InChI is InChI=1S/C15H28N2/c1-2-6-15-14(4-1)5-3-11-17(15)12-13-7-9-16-10-8-13/h13-16H,1-12H2. The molecule has 17 heavy (non-hydrogen) atoms. The molecule has 3 aliphatic rings. The highest BCUT2D eigenvalue weighted by Crippen LogP contribution is 2.35. The average molecular weight is 236 g/mol. The minimum atomic E-state index is 0.965. The van der Waals surface area contributed by atoms with Crippen molar-refractivity contribution in [3.8, 4) is 0 Å². The maximum atomic E-state index is 3.49. The van der Waals surface area contributed by atoms with Crippen molar-refractivity contribution in [3.63, 3.8) is 0 Å². The van der Waals surface area contributed by atoms with Crippen LogP contribution in [0.15, 0.2) is 0 Å². The van der Waals surface area contributed by atoms with Gasteiger partial charge in [-0.3, -0.25) is 4.90 Å². The third kappa shape index (κ3) is 2.85. The van der Waals surface area contributed by atoms with E-state index in [0.29, 0.717) is 0 Å². The number of hydrogen-bond donors (Lipinski definition) is 1. The minimum Gasteiger partial charge on any atom is -0.317 e. The van der Waals surface area contributed by atoms with E-state index in [2.05, 4.69) is 10.2 Å². The van der Waals surface area contributed by atoms with E-state index in [1.807, 2.05) is 0 Å². The first-order chi connectivity index (χ1) is 8.43. The van der Waals surface area contributed by atoms with Crippen molar-refractivity contribution in [2.24, 2.45) is 11.8 Å². The molecule has 2 aliphatic heterocycles. The Morgan fingerprint density at radius 3 is 2.53 bits per heavy atom.